The number of hydrogen-bond donors (Lipinski definition) is 0. The molecule has 0 aliphatic heterocycles. The summed E-state index contributed by atoms with van der Waals surface area (Å²) in [6, 6.07) is 9.62. The molecule has 0 unspecified atom stereocenters. The fraction of sp³-hybridized carbons (Fsp3) is 0.500. The first-order chi connectivity index (χ1) is 9.22. The number of nitrogens with zero attached hydrogens (tertiary/aromatic N) is 3. The quantitative estimate of drug-likeness (QED) is 0.557. The Bertz CT molecular complexity index is 492. The Morgan fingerprint density at radius 3 is 2.74 bits per heavy atom. The normalized spacial score (nSPS) is 14.3. The van der Waals surface area contributed by atoms with Crippen molar-refractivity contribution in [2.45, 2.75) is 31.7 Å². The monoisotopic (exact) mass is 259 g/mol. The van der Waals surface area contributed by atoms with Gasteiger partial charge in [-0.3, -0.25) is 15.0 Å². The van der Waals surface area contributed by atoms with Gasteiger partial charge >= 0.3 is 0 Å². The van der Waals surface area contributed by atoms with E-state index in [1.54, 1.807) is 12.1 Å². The summed E-state index contributed by atoms with van der Waals surface area (Å²) in [5.41, 5.74) is 0.966. The zero-order valence-corrected chi connectivity index (χ0v) is 10.8. The second kappa shape index (κ2) is 6.30. The molecule has 1 fully saturated rings. The summed E-state index contributed by atoms with van der Waals surface area (Å²) in [4.78, 5) is 12.9. The van der Waals surface area contributed by atoms with Crippen LogP contribution in [0, 0.1) is 21.4 Å². The third-order valence-electron chi connectivity index (χ3n) is 3.43. The van der Waals surface area contributed by atoms with Crippen molar-refractivity contribution in [3.05, 3.63) is 39.9 Å². The van der Waals surface area contributed by atoms with Gasteiger partial charge < -0.3 is 0 Å². The molecular formula is C14H17N3O2. The highest BCUT2D eigenvalue weighted by molar-refractivity contribution is 5.39. The van der Waals surface area contributed by atoms with Crippen molar-refractivity contribution < 1.29 is 4.92 Å². The van der Waals surface area contributed by atoms with Crippen LogP contribution < -0.4 is 0 Å². The minimum atomic E-state index is -0.327. The Hall–Kier alpha value is -1.93. The third kappa shape index (κ3) is 3.76. The van der Waals surface area contributed by atoms with Crippen LogP contribution in [0.2, 0.25) is 0 Å². The molecule has 0 radical (unpaired) electrons. The summed E-state index contributed by atoms with van der Waals surface area (Å²) in [5.74, 6) is 0. The lowest BCUT2D eigenvalue weighted by molar-refractivity contribution is -0.385. The molecule has 0 spiro atoms. The SMILES string of the molecule is N#CCCN(CCc1ccccc1[N+](=O)[O-])C1CC1. The standard InChI is InChI=1S/C14H17N3O2/c15-9-3-10-16(13-6-7-13)11-8-12-4-1-2-5-14(12)17(18)19/h1-2,4-5,13H,3,6-8,10-11H2. The van der Waals surface area contributed by atoms with Crippen LogP contribution in [0.15, 0.2) is 24.3 Å². The van der Waals surface area contributed by atoms with E-state index in [-0.39, 0.29) is 10.6 Å². The maximum Gasteiger partial charge on any atom is 0.272 e. The molecule has 1 aromatic carbocycles. The maximum atomic E-state index is 10.9. The minimum absolute atomic E-state index is 0.193. The van der Waals surface area contributed by atoms with Crippen molar-refractivity contribution in [2.75, 3.05) is 13.1 Å². The van der Waals surface area contributed by atoms with Crippen molar-refractivity contribution in [1.82, 2.24) is 4.90 Å². The smallest absolute Gasteiger partial charge is 0.272 e. The Kier molecular flexibility index (Phi) is 4.48. The molecule has 0 amide bonds. The number of nitro groups is 1. The van der Waals surface area contributed by atoms with Crippen molar-refractivity contribution in [2.24, 2.45) is 0 Å². The van der Waals surface area contributed by atoms with Gasteiger partial charge in [-0.15, -0.1) is 0 Å². The van der Waals surface area contributed by atoms with Gasteiger partial charge in [-0.1, -0.05) is 18.2 Å². The highest BCUT2D eigenvalue weighted by Crippen LogP contribution is 2.27. The Balaban J connectivity index is 1.97. The van der Waals surface area contributed by atoms with Gasteiger partial charge in [-0.2, -0.15) is 5.26 Å². The van der Waals surface area contributed by atoms with Crippen molar-refractivity contribution in [3.8, 4) is 6.07 Å². The van der Waals surface area contributed by atoms with Crippen LogP contribution in [-0.4, -0.2) is 29.0 Å². The molecule has 5 nitrogen and oxygen atoms in total. The second-order valence-corrected chi connectivity index (χ2v) is 4.81. The molecule has 2 rings (SSSR count). The fourth-order valence-corrected chi connectivity index (χ4v) is 2.27. The summed E-state index contributed by atoms with van der Waals surface area (Å²) >= 11 is 0. The topological polar surface area (TPSA) is 70.2 Å². The van der Waals surface area contributed by atoms with Gasteiger partial charge in [-0.05, 0) is 19.3 Å². The number of para-hydroxylation sites is 1. The second-order valence-electron chi connectivity index (χ2n) is 4.81. The van der Waals surface area contributed by atoms with Gasteiger partial charge in [0.1, 0.15) is 0 Å². The van der Waals surface area contributed by atoms with Crippen LogP contribution in [0.4, 0.5) is 5.69 Å². The van der Waals surface area contributed by atoms with Gasteiger partial charge in [0.15, 0.2) is 0 Å². The van der Waals surface area contributed by atoms with Gasteiger partial charge in [0.25, 0.3) is 5.69 Å². The average molecular weight is 259 g/mol. The van der Waals surface area contributed by atoms with Crippen LogP contribution in [0.1, 0.15) is 24.8 Å². The van der Waals surface area contributed by atoms with E-state index >= 15 is 0 Å². The summed E-state index contributed by atoms with van der Waals surface area (Å²) in [6.07, 6.45) is 3.55. The number of benzene rings is 1. The number of hydrogen-bond acceptors (Lipinski definition) is 4. The molecule has 1 saturated carbocycles. The zero-order valence-electron chi connectivity index (χ0n) is 10.8. The molecule has 0 bridgehead atoms. The molecule has 1 aromatic rings. The van der Waals surface area contributed by atoms with Gasteiger partial charge in [0, 0.05) is 37.2 Å². The van der Waals surface area contributed by atoms with Crippen molar-refractivity contribution in [3.63, 3.8) is 0 Å². The Morgan fingerprint density at radius 2 is 2.11 bits per heavy atom. The molecule has 0 heterocycles. The molecule has 1 aliphatic rings. The van der Waals surface area contributed by atoms with Crippen molar-refractivity contribution >= 4 is 5.69 Å². The molecular weight excluding hydrogens is 242 g/mol. The molecule has 0 N–H and O–H groups in total. The first-order valence-electron chi connectivity index (χ1n) is 6.55. The van der Waals surface area contributed by atoms with E-state index in [1.807, 2.05) is 12.1 Å². The highest BCUT2D eigenvalue weighted by Gasteiger charge is 2.28. The first-order valence-corrected chi connectivity index (χ1v) is 6.55. The number of nitriles is 1. The van der Waals surface area contributed by atoms with Crippen LogP contribution >= 0.6 is 0 Å². The number of nitro benzene ring substituents is 1. The minimum Gasteiger partial charge on any atom is -0.299 e. The maximum absolute atomic E-state index is 10.9. The van der Waals surface area contributed by atoms with Crippen molar-refractivity contribution in [1.29, 1.82) is 5.26 Å². The first kappa shape index (κ1) is 13.5. The van der Waals surface area contributed by atoms with E-state index in [0.29, 0.717) is 18.9 Å². The molecule has 19 heavy (non-hydrogen) atoms. The highest BCUT2D eigenvalue weighted by atomic mass is 16.6. The van der Waals surface area contributed by atoms with Gasteiger partial charge in [-0.25, -0.2) is 0 Å². The van der Waals surface area contributed by atoms with E-state index < -0.39 is 0 Å². The Labute approximate surface area is 112 Å². The zero-order chi connectivity index (χ0) is 13.7. The fourth-order valence-electron chi connectivity index (χ4n) is 2.27. The molecule has 0 aromatic heterocycles. The van der Waals surface area contributed by atoms with E-state index in [1.165, 1.54) is 12.8 Å². The van der Waals surface area contributed by atoms with Gasteiger partial charge in [0.2, 0.25) is 0 Å². The summed E-state index contributed by atoms with van der Waals surface area (Å²) in [6.45, 7) is 1.55. The van der Waals surface area contributed by atoms with E-state index in [4.69, 9.17) is 5.26 Å². The van der Waals surface area contributed by atoms with Crippen LogP contribution in [-0.2, 0) is 6.42 Å². The average Bonchev–Trinajstić information content (AvgIpc) is 3.23. The number of rotatable bonds is 7. The largest absolute Gasteiger partial charge is 0.299 e. The van der Waals surface area contributed by atoms with Gasteiger partial charge in [0.05, 0.1) is 11.0 Å². The summed E-state index contributed by atoms with van der Waals surface area (Å²) in [7, 11) is 0. The van der Waals surface area contributed by atoms with E-state index in [2.05, 4.69) is 11.0 Å². The lowest BCUT2D eigenvalue weighted by Gasteiger charge is -2.20. The molecule has 100 valence electrons. The molecule has 0 atom stereocenters. The third-order valence-corrected chi connectivity index (χ3v) is 3.43. The van der Waals surface area contributed by atoms with E-state index in [9.17, 15) is 10.1 Å². The van der Waals surface area contributed by atoms with Crippen LogP contribution in [0.25, 0.3) is 0 Å². The lowest BCUT2D eigenvalue weighted by Crippen LogP contribution is -2.29. The molecule has 0 saturated heterocycles. The molecule has 5 heteroatoms. The predicted molar refractivity (Wildman–Crippen MR) is 71.6 cm³/mol. The summed E-state index contributed by atoms with van der Waals surface area (Å²) < 4.78 is 0. The molecule has 1 aliphatic carbocycles. The van der Waals surface area contributed by atoms with E-state index in [0.717, 1.165) is 18.7 Å². The van der Waals surface area contributed by atoms with Crippen LogP contribution in [0.3, 0.4) is 0 Å². The lowest BCUT2D eigenvalue weighted by atomic mass is 10.1. The predicted octanol–water partition coefficient (Wildman–Crippen LogP) is 2.52. The Morgan fingerprint density at radius 1 is 1.37 bits per heavy atom. The van der Waals surface area contributed by atoms with Crippen LogP contribution in [0.5, 0.6) is 0 Å². The summed E-state index contributed by atoms with van der Waals surface area (Å²) in [5, 5.41) is 19.6.